The minimum absolute atomic E-state index is 0. The summed E-state index contributed by atoms with van der Waals surface area (Å²) in [6, 6.07) is 5.89. The Morgan fingerprint density at radius 2 is 1.75 bits per heavy atom. The zero-order valence-corrected chi connectivity index (χ0v) is 10.2. The van der Waals surface area contributed by atoms with Crippen molar-refractivity contribution in [2.24, 2.45) is 0 Å². The van der Waals surface area contributed by atoms with Crippen LogP contribution in [0.25, 0.3) is 0 Å². The molecule has 1 aromatic rings. The Labute approximate surface area is 109 Å². The van der Waals surface area contributed by atoms with E-state index >= 15 is 0 Å². The molecule has 0 aliphatic heterocycles. The Morgan fingerprint density at radius 3 is 2.31 bits per heavy atom. The molecule has 16 heavy (non-hydrogen) atoms. The van der Waals surface area contributed by atoms with Gasteiger partial charge in [0.15, 0.2) is 0 Å². The van der Waals surface area contributed by atoms with Gasteiger partial charge >= 0.3 is 18.9 Å². The van der Waals surface area contributed by atoms with Crippen LogP contribution < -0.4 is 24.0 Å². The fraction of sp³-hybridized carbons (Fsp3) is 0.538. The first-order chi connectivity index (χ1) is 7.24. The number of rotatable bonds is 6. The van der Waals surface area contributed by atoms with Crippen LogP contribution in [0.4, 0.5) is 4.39 Å². The SMILES string of the molecule is CCCCCCC([O-])c1ccc(F)cc1.[Li+]. The molecule has 0 bridgehead atoms. The zero-order chi connectivity index (χ0) is 11.1. The average Bonchev–Trinajstić information content (AvgIpc) is 2.25. The smallest absolute Gasteiger partial charge is 0.849 e. The number of hydrogen-bond acceptors (Lipinski definition) is 1. The van der Waals surface area contributed by atoms with E-state index in [0.29, 0.717) is 12.0 Å². The van der Waals surface area contributed by atoms with Gasteiger partial charge in [0.05, 0.1) is 0 Å². The first-order valence-electron chi connectivity index (χ1n) is 5.65. The Bertz CT molecular complexity index is 274. The molecule has 0 aromatic heterocycles. The molecular formula is C13H18FLiO. The third-order valence-electron chi connectivity index (χ3n) is 2.56. The fourth-order valence-corrected chi connectivity index (χ4v) is 1.60. The van der Waals surface area contributed by atoms with Crippen LogP contribution in [0.2, 0.25) is 0 Å². The minimum atomic E-state index is -0.692. The summed E-state index contributed by atoms with van der Waals surface area (Å²) in [7, 11) is 0. The summed E-state index contributed by atoms with van der Waals surface area (Å²) < 4.78 is 12.6. The second kappa shape index (κ2) is 8.81. The maximum atomic E-state index is 12.6. The van der Waals surface area contributed by atoms with Gasteiger partial charge < -0.3 is 5.11 Å². The monoisotopic (exact) mass is 216 g/mol. The molecule has 1 unspecified atom stereocenters. The van der Waals surface area contributed by atoms with Gasteiger partial charge in [-0.1, -0.05) is 56.7 Å². The van der Waals surface area contributed by atoms with Gasteiger partial charge in [-0.3, -0.25) is 0 Å². The molecule has 0 radical (unpaired) electrons. The molecule has 0 heterocycles. The van der Waals surface area contributed by atoms with Crippen molar-refractivity contribution in [2.75, 3.05) is 0 Å². The van der Waals surface area contributed by atoms with Crippen molar-refractivity contribution in [3.05, 3.63) is 35.6 Å². The van der Waals surface area contributed by atoms with Gasteiger partial charge in [-0.2, -0.15) is 0 Å². The second-order valence-electron chi connectivity index (χ2n) is 3.89. The summed E-state index contributed by atoms with van der Waals surface area (Å²) in [5.41, 5.74) is 0.702. The standard InChI is InChI=1S/C13H18FO.Li/c1-2-3-4-5-6-13(15)11-7-9-12(14)10-8-11;/h7-10,13H,2-6H2,1H3;/q-1;+1. The molecule has 84 valence electrons. The molecule has 0 N–H and O–H groups in total. The van der Waals surface area contributed by atoms with E-state index in [2.05, 4.69) is 6.92 Å². The van der Waals surface area contributed by atoms with Crippen LogP contribution in [0.15, 0.2) is 24.3 Å². The number of benzene rings is 1. The summed E-state index contributed by atoms with van der Waals surface area (Å²) in [6.45, 7) is 2.15. The van der Waals surface area contributed by atoms with Crippen molar-refractivity contribution in [1.29, 1.82) is 0 Å². The van der Waals surface area contributed by atoms with Gasteiger partial charge in [-0.05, 0) is 12.1 Å². The molecule has 0 spiro atoms. The Balaban J connectivity index is 0.00000225. The van der Waals surface area contributed by atoms with Gasteiger partial charge in [-0.25, -0.2) is 4.39 Å². The zero-order valence-electron chi connectivity index (χ0n) is 10.2. The van der Waals surface area contributed by atoms with Gasteiger partial charge in [0, 0.05) is 0 Å². The van der Waals surface area contributed by atoms with E-state index in [4.69, 9.17) is 0 Å². The van der Waals surface area contributed by atoms with E-state index in [1.54, 1.807) is 12.1 Å². The summed E-state index contributed by atoms with van der Waals surface area (Å²) >= 11 is 0. The molecule has 0 saturated heterocycles. The molecule has 1 atom stereocenters. The average molecular weight is 216 g/mol. The molecule has 0 aliphatic carbocycles. The van der Waals surface area contributed by atoms with Gasteiger partial charge in [-0.15, -0.1) is 6.10 Å². The van der Waals surface area contributed by atoms with E-state index in [-0.39, 0.29) is 24.7 Å². The molecule has 0 fully saturated rings. The summed E-state index contributed by atoms with van der Waals surface area (Å²) in [5, 5.41) is 11.7. The normalized spacial score (nSPS) is 11.9. The predicted molar refractivity (Wildman–Crippen MR) is 57.9 cm³/mol. The molecule has 1 rings (SSSR count). The van der Waals surface area contributed by atoms with Crippen LogP contribution in [0, 0.1) is 5.82 Å². The van der Waals surface area contributed by atoms with Crippen molar-refractivity contribution in [3.8, 4) is 0 Å². The van der Waals surface area contributed by atoms with E-state index in [0.717, 1.165) is 12.8 Å². The third kappa shape index (κ3) is 5.70. The number of unbranched alkanes of at least 4 members (excludes halogenated alkanes) is 3. The number of halogens is 1. The van der Waals surface area contributed by atoms with Crippen LogP contribution in [-0.4, -0.2) is 0 Å². The summed E-state index contributed by atoms with van der Waals surface area (Å²) in [4.78, 5) is 0. The molecule has 0 amide bonds. The summed E-state index contributed by atoms with van der Waals surface area (Å²) in [6.07, 6.45) is 4.43. The van der Waals surface area contributed by atoms with Crippen molar-refractivity contribution < 1.29 is 28.4 Å². The number of hydrogen-bond donors (Lipinski definition) is 0. The van der Waals surface area contributed by atoms with Crippen LogP contribution in [-0.2, 0) is 0 Å². The maximum absolute atomic E-state index is 12.6. The third-order valence-corrected chi connectivity index (χ3v) is 2.56. The summed E-state index contributed by atoms with van der Waals surface area (Å²) in [5.74, 6) is -0.281. The molecule has 3 heteroatoms. The molecule has 0 saturated carbocycles. The van der Waals surface area contributed by atoms with Crippen LogP contribution in [0.5, 0.6) is 0 Å². The molecular weight excluding hydrogens is 198 g/mol. The Morgan fingerprint density at radius 1 is 1.12 bits per heavy atom. The van der Waals surface area contributed by atoms with E-state index < -0.39 is 6.10 Å². The first-order valence-corrected chi connectivity index (χ1v) is 5.65. The Kier molecular flexibility index (Phi) is 8.65. The second-order valence-corrected chi connectivity index (χ2v) is 3.89. The fourth-order valence-electron chi connectivity index (χ4n) is 1.60. The van der Waals surface area contributed by atoms with Crippen molar-refractivity contribution in [2.45, 2.75) is 45.1 Å². The van der Waals surface area contributed by atoms with Crippen LogP contribution in [0.3, 0.4) is 0 Å². The molecule has 1 aromatic carbocycles. The van der Waals surface area contributed by atoms with Crippen LogP contribution >= 0.6 is 0 Å². The van der Waals surface area contributed by atoms with Crippen molar-refractivity contribution in [3.63, 3.8) is 0 Å². The largest absolute Gasteiger partial charge is 1.00 e. The molecule has 0 aliphatic rings. The van der Waals surface area contributed by atoms with Gasteiger partial charge in [0.1, 0.15) is 5.82 Å². The topological polar surface area (TPSA) is 23.1 Å². The van der Waals surface area contributed by atoms with E-state index in [9.17, 15) is 9.50 Å². The van der Waals surface area contributed by atoms with Crippen molar-refractivity contribution in [1.82, 2.24) is 0 Å². The van der Waals surface area contributed by atoms with Gasteiger partial charge in [0.25, 0.3) is 0 Å². The molecule has 1 nitrogen and oxygen atoms in total. The quantitative estimate of drug-likeness (QED) is 0.492. The van der Waals surface area contributed by atoms with Crippen molar-refractivity contribution >= 4 is 0 Å². The van der Waals surface area contributed by atoms with E-state index in [1.165, 1.54) is 25.0 Å². The predicted octanol–water partition coefficient (Wildman–Crippen LogP) is 0.201. The van der Waals surface area contributed by atoms with E-state index in [1.807, 2.05) is 0 Å². The van der Waals surface area contributed by atoms with Gasteiger partial charge in [0.2, 0.25) is 0 Å². The first kappa shape index (κ1) is 15.7. The van der Waals surface area contributed by atoms with Crippen LogP contribution in [0.1, 0.15) is 50.7 Å². The maximum Gasteiger partial charge on any atom is 1.00 e. The Hall–Kier alpha value is -0.293. The minimum Gasteiger partial charge on any atom is -0.849 e.